The molecule has 0 aliphatic heterocycles. The number of carbonyl (C=O) groups is 1. The van der Waals surface area contributed by atoms with E-state index in [2.05, 4.69) is 20.3 Å². The number of aromatic nitrogens is 3. The second-order valence-electron chi connectivity index (χ2n) is 6.47. The number of nitrogens with zero attached hydrogens (tertiary/aromatic N) is 3. The average Bonchev–Trinajstić information content (AvgIpc) is 3.18. The van der Waals surface area contributed by atoms with Crippen LogP contribution in [-0.4, -0.2) is 27.0 Å². The van der Waals surface area contributed by atoms with E-state index in [0.717, 1.165) is 4.88 Å². The molecule has 2 heterocycles. The van der Waals surface area contributed by atoms with Crippen LogP contribution in [0.3, 0.4) is 0 Å². The van der Waals surface area contributed by atoms with E-state index in [1.807, 2.05) is 0 Å². The maximum Gasteiger partial charge on any atom is 0.261 e. The van der Waals surface area contributed by atoms with Gasteiger partial charge in [-0.2, -0.15) is 0 Å². The predicted molar refractivity (Wildman–Crippen MR) is 120 cm³/mol. The fourth-order valence-electron chi connectivity index (χ4n) is 2.66. The largest absolute Gasteiger partial charge is 0.481 e. The Morgan fingerprint density at radius 2 is 1.84 bits per heavy atom. The van der Waals surface area contributed by atoms with Crippen LogP contribution >= 0.6 is 34.5 Å². The number of nitrogens with one attached hydrogen (secondary N) is 1. The lowest BCUT2D eigenvalue weighted by atomic mass is 10.3. The van der Waals surface area contributed by atoms with Crippen LogP contribution in [0.15, 0.2) is 54.9 Å². The molecule has 2 aromatic carbocycles. The average molecular weight is 475 g/mol. The molecule has 0 aliphatic rings. The Kier molecular flexibility index (Phi) is 6.50. The highest BCUT2D eigenvalue weighted by molar-refractivity contribution is 7.15. The number of rotatable bonds is 7. The fraction of sp³-hybridized carbons (Fsp3) is 0.143. The van der Waals surface area contributed by atoms with Gasteiger partial charge in [-0.1, -0.05) is 23.2 Å². The van der Waals surface area contributed by atoms with Crippen molar-refractivity contribution in [2.45, 2.75) is 19.6 Å². The molecule has 0 saturated carbocycles. The second-order valence-corrected chi connectivity index (χ2v) is 8.61. The lowest BCUT2D eigenvalue weighted by Crippen LogP contribution is -2.35. The van der Waals surface area contributed by atoms with Gasteiger partial charge >= 0.3 is 0 Å². The zero-order valence-electron chi connectivity index (χ0n) is 16.2. The summed E-state index contributed by atoms with van der Waals surface area (Å²) < 4.78 is 11.9. The van der Waals surface area contributed by atoms with Crippen LogP contribution in [-0.2, 0) is 11.3 Å². The van der Waals surface area contributed by atoms with Crippen LogP contribution in [0.25, 0.3) is 11.0 Å². The molecule has 7 nitrogen and oxygen atoms in total. The number of hydrogen-bond donors (Lipinski definition) is 1. The molecule has 1 N–H and O–H groups in total. The van der Waals surface area contributed by atoms with E-state index in [9.17, 15) is 4.79 Å². The third kappa shape index (κ3) is 5.61. The van der Waals surface area contributed by atoms with Crippen molar-refractivity contribution in [3.05, 3.63) is 69.2 Å². The van der Waals surface area contributed by atoms with Crippen LogP contribution in [0.2, 0.25) is 9.49 Å². The van der Waals surface area contributed by atoms with Crippen molar-refractivity contribution in [2.24, 2.45) is 0 Å². The Morgan fingerprint density at radius 3 is 2.58 bits per heavy atom. The first kappa shape index (κ1) is 21.3. The maximum atomic E-state index is 12.2. The molecule has 2 aromatic heterocycles. The summed E-state index contributed by atoms with van der Waals surface area (Å²) in [5.74, 6) is 1.22. The van der Waals surface area contributed by atoms with Gasteiger partial charge in [-0.3, -0.25) is 4.79 Å². The molecule has 0 fully saturated rings. The summed E-state index contributed by atoms with van der Waals surface area (Å²) in [6.07, 6.45) is 2.49. The van der Waals surface area contributed by atoms with Gasteiger partial charge in [-0.05, 0) is 49.4 Å². The van der Waals surface area contributed by atoms with Crippen LogP contribution in [0, 0.1) is 0 Å². The highest BCUT2D eigenvalue weighted by Gasteiger charge is 2.15. The number of ether oxygens (including phenoxy) is 2. The number of halogens is 2. The molecular formula is C21H16Cl2N4O3S. The minimum absolute atomic E-state index is 0.239. The van der Waals surface area contributed by atoms with Gasteiger partial charge in [0.15, 0.2) is 10.6 Å². The van der Waals surface area contributed by atoms with Gasteiger partial charge in [-0.25, -0.2) is 15.0 Å². The third-order valence-electron chi connectivity index (χ3n) is 4.17. The lowest BCUT2D eigenvalue weighted by Gasteiger charge is -2.14. The van der Waals surface area contributed by atoms with Crippen molar-refractivity contribution in [1.29, 1.82) is 0 Å². The number of fused-ring (bicyclic) bond motifs is 1. The minimum Gasteiger partial charge on any atom is -0.481 e. The van der Waals surface area contributed by atoms with Crippen molar-refractivity contribution in [2.75, 3.05) is 0 Å². The van der Waals surface area contributed by atoms with E-state index < -0.39 is 6.10 Å². The van der Waals surface area contributed by atoms with Gasteiger partial charge in [-0.15, -0.1) is 11.3 Å². The van der Waals surface area contributed by atoms with E-state index >= 15 is 0 Å². The topological polar surface area (TPSA) is 86.2 Å². The van der Waals surface area contributed by atoms with Gasteiger partial charge in [0.05, 0.1) is 23.8 Å². The zero-order valence-corrected chi connectivity index (χ0v) is 18.5. The molecular weight excluding hydrogens is 459 g/mol. The summed E-state index contributed by atoms with van der Waals surface area (Å²) in [6, 6.07) is 12.2. The minimum atomic E-state index is -0.673. The molecule has 0 radical (unpaired) electrons. The quantitative estimate of drug-likeness (QED) is 0.392. The maximum absolute atomic E-state index is 12.2. The molecule has 1 atom stereocenters. The van der Waals surface area contributed by atoms with Gasteiger partial charge in [0.2, 0.25) is 5.88 Å². The molecule has 31 heavy (non-hydrogen) atoms. The monoisotopic (exact) mass is 474 g/mol. The standard InChI is InChI=1S/C21H16Cl2N4O3S/c1-12(20(28)25-9-16-10-26-21(23)31-16)29-14-3-5-15(6-4-14)30-19-11-24-18-8-13(22)2-7-17(18)27-19/h2-8,10-12H,9H2,1H3,(H,25,28). The van der Waals surface area contributed by atoms with Crippen molar-refractivity contribution in [3.8, 4) is 17.4 Å². The Balaban J connectivity index is 1.33. The summed E-state index contributed by atoms with van der Waals surface area (Å²) in [6.45, 7) is 2.03. The van der Waals surface area contributed by atoms with Gasteiger partial charge in [0, 0.05) is 16.1 Å². The zero-order chi connectivity index (χ0) is 21.8. The molecule has 0 aliphatic carbocycles. The van der Waals surface area contributed by atoms with E-state index in [1.54, 1.807) is 55.6 Å². The number of benzene rings is 2. The molecule has 10 heteroatoms. The van der Waals surface area contributed by atoms with Gasteiger partial charge in [0.25, 0.3) is 5.91 Å². The van der Waals surface area contributed by atoms with Crippen LogP contribution in [0.4, 0.5) is 0 Å². The van der Waals surface area contributed by atoms with Crippen molar-refractivity contribution < 1.29 is 14.3 Å². The van der Waals surface area contributed by atoms with Crippen molar-refractivity contribution >= 4 is 51.5 Å². The smallest absolute Gasteiger partial charge is 0.261 e. The number of amides is 1. The lowest BCUT2D eigenvalue weighted by molar-refractivity contribution is -0.127. The molecule has 0 saturated heterocycles. The van der Waals surface area contributed by atoms with Crippen LogP contribution in [0.1, 0.15) is 11.8 Å². The van der Waals surface area contributed by atoms with Crippen molar-refractivity contribution in [3.63, 3.8) is 0 Å². The van der Waals surface area contributed by atoms with Crippen LogP contribution < -0.4 is 14.8 Å². The molecule has 0 spiro atoms. The first-order chi connectivity index (χ1) is 15.0. The molecule has 1 amide bonds. The Morgan fingerprint density at radius 1 is 1.06 bits per heavy atom. The Labute approximate surface area is 192 Å². The third-order valence-corrected chi connectivity index (χ3v) is 5.52. The summed E-state index contributed by atoms with van der Waals surface area (Å²) in [5, 5.41) is 3.39. The van der Waals surface area contributed by atoms with E-state index in [4.69, 9.17) is 32.7 Å². The number of hydrogen-bond acceptors (Lipinski definition) is 7. The normalized spacial score (nSPS) is 11.8. The highest BCUT2D eigenvalue weighted by atomic mass is 35.5. The Bertz CT molecular complexity index is 1220. The Hall–Kier alpha value is -2.94. The second kappa shape index (κ2) is 9.47. The highest BCUT2D eigenvalue weighted by Crippen LogP contribution is 2.25. The number of thiazole rings is 1. The molecule has 4 aromatic rings. The summed E-state index contributed by atoms with van der Waals surface area (Å²) in [5.41, 5.74) is 1.37. The first-order valence-electron chi connectivity index (χ1n) is 9.21. The molecule has 0 bridgehead atoms. The van der Waals surface area contributed by atoms with Crippen LogP contribution in [0.5, 0.6) is 17.4 Å². The summed E-state index contributed by atoms with van der Waals surface area (Å²) >= 11 is 13.1. The van der Waals surface area contributed by atoms with Gasteiger partial charge < -0.3 is 14.8 Å². The van der Waals surface area contributed by atoms with E-state index in [-0.39, 0.29) is 5.91 Å². The summed E-state index contributed by atoms with van der Waals surface area (Å²) in [7, 11) is 0. The fourth-order valence-corrected chi connectivity index (χ4v) is 3.75. The van der Waals surface area contributed by atoms with E-state index in [1.165, 1.54) is 17.5 Å². The molecule has 158 valence electrons. The molecule has 4 rings (SSSR count). The predicted octanol–water partition coefficient (Wildman–Crippen LogP) is 5.27. The van der Waals surface area contributed by atoms with E-state index in [0.29, 0.717) is 44.4 Å². The SMILES string of the molecule is CC(Oc1ccc(Oc2cnc3cc(Cl)ccc3n2)cc1)C(=O)NCc1cnc(Cl)s1. The molecule has 1 unspecified atom stereocenters. The number of carbonyl (C=O) groups excluding carboxylic acids is 1. The summed E-state index contributed by atoms with van der Waals surface area (Å²) in [4.78, 5) is 25.8. The first-order valence-corrected chi connectivity index (χ1v) is 10.8. The van der Waals surface area contributed by atoms with Crippen molar-refractivity contribution in [1.82, 2.24) is 20.3 Å². The van der Waals surface area contributed by atoms with Gasteiger partial charge in [0.1, 0.15) is 11.5 Å².